The molecule has 1 heterocycles. The summed E-state index contributed by atoms with van der Waals surface area (Å²) in [6.07, 6.45) is 3.84. The molecule has 2 N–H and O–H groups in total. The molecular weight excluding hydrogens is 362 g/mol. The highest BCUT2D eigenvalue weighted by atomic mass is 16.5. The molecule has 0 spiro atoms. The number of hydrogen-bond acceptors (Lipinski definition) is 3. The predicted molar refractivity (Wildman–Crippen MR) is 117 cm³/mol. The first-order valence-corrected chi connectivity index (χ1v) is 10.1. The molecule has 29 heavy (non-hydrogen) atoms. The Kier molecular flexibility index (Phi) is 7.69. The summed E-state index contributed by atoms with van der Waals surface area (Å²) >= 11 is 0. The maximum absolute atomic E-state index is 5.70. The maximum Gasteiger partial charge on any atom is 0.191 e. The first-order valence-electron chi connectivity index (χ1n) is 10.1. The fourth-order valence-corrected chi connectivity index (χ4v) is 3.03. The van der Waals surface area contributed by atoms with Crippen LogP contribution in [-0.2, 0) is 19.6 Å². The maximum atomic E-state index is 5.70. The largest absolute Gasteiger partial charge is 0.494 e. The Bertz CT molecular complexity index is 904. The number of hydrogen-bond donors (Lipinski definition) is 2. The Labute approximate surface area is 172 Å². The van der Waals surface area contributed by atoms with Gasteiger partial charge in [-0.1, -0.05) is 48.5 Å². The van der Waals surface area contributed by atoms with Crippen LogP contribution >= 0.6 is 0 Å². The molecule has 0 bridgehead atoms. The molecule has 0 unspecified atom stereocenters. The fourth-order valence-electron chi connectivity index (χ4n) is 3.03. The second kappa shape index (κ2) is 10.9. The SMILES string of the molecule is CCNC(=NCc1ccccc1OCC)NCc1nccn1Cc1ccccc1. The molecule has 6 heteroatoms. The quantitative estimate of drug-likeness (QED) is 0.432. The molecule has 0 atom stereocenters. The molecule has 0 radical (unpaired) electrons. The molecule has 3 rings (SSSR count). The van der Waals surface area contributed by atoms with E-state index in [9.17, 15) is 0 Å². The molecule has 0 aliphatic carbocycles. The van der Waals surface area contributed by atoms with Crippen LogP contribution in [0.5, 0.6) is 5.75 Å². The zero-order valence-electron chi connectivity index (χ0n) is 17.1. The second-order valence-corrected chi connectivity index (χ2v) is 6.55. The summed E-state index contributed by atoms with van der Waals surface area (Å²) in [5.41, 5.74) is 2.32. The van der Waals surface area contributed by atoms with Crippen molar-refractivity contribution in [1.29, 1.82) is 0 Å². The molecule has 2 aromatic carbocycles. The number of nitrogens with one attached hydrogen (secondary N) is 2. The Balaban J connectivity index is 1.64. The normalized spacial score (nSPS) is 11.3. The van der Waals surface area contributed by atoms with Crippen molar-refractivity contribution in [2.75, 3.05) is 13.2 Å². The number of imidazole rings is 1. The topological polar surface area (TPSA) is 63.5 Å². The highest BCUT2D eigenvalue weighted by Crippen LogP contribution is 2.18. The van der Waals surface area contributed by atoms with E-state index in [2.05, 4.69) is 51.4 Å². The molecule has 0 saturated carbocycles. The molecule has 3 aromatic rings. The van der Waals surface area contributed by atoms with Crippen LogP contribution in [0.4, 0.5) is 0 Å². The number of para-hydroxylation sites is 1. The van der Waals surface area contributed by atoms with Gasteiger partial charge in [0, 0.05) is 31.0 Å². The van der Waals surface area contributed by atoms with Gasteiger partial charge in [-0.25, -0.2) is 9.98 Å². The van der Waals surface area contributed by atoms with E-state index in [1.165, 1.54) is 5.56 Å². The monoisotopic (exact) mass is 391 g/mol. The van der Waals surface area contributed by atoms with Crippen LogP contribution in [0.15, 0.2) is 72.0 Å². The van der Waals surface area contributed by atoms with Gasteiger partial charge in [-0.3, -0.25) is 0 Å². The summed E-state index contributed by atoms with van der Waals surface area (Å²) in [6.45, 7) is 7.42. The van der Waals surface area contributed by atoms with Crippen LogP contribution in [0.2, 0.25) is 0 Å². The van der Waals surface area contributed by atoms with E-state index in [1.54, 1.807) is 0 Å². The van der Waals surface area contributed by atoms with E-state index in [4.69, 9.17) is 9.73 Å². The van der Waals surface area contributed by atoms with Crippen LogP contribution < -0.4 is 15.4 Å². The minimum absolute atomic E-state index is 0.546. The summed E-state index contributed by atoms with van der Waals surface area (Å²) in [7, 11) is 0. The van der Waals surface area contributed by atoms with E-state index in [0.717, 1.165) is 36.2 Å². The fraction of sp³-hybridized carbons (Fsp3) is 0.304. The van der Waals surface area contributed by atoms with Crippen molar-refractivity contribution in [3.63, 3.8) is 0 Å². The third-order valence-electron chi connectivity index (χ3n) is 4.44. The minimum atomic E-state index is 0.546. The molecule has 0 amide bonds. The standard InChI is InChI=1S/C23H29N5O/c1-3-24-23(26-16-20-12-8-9-13-21(20)29-4-2)27-17-22-25-14-15-28(22)18-19-10-6-5-7-11-19/h5-15H,3-4,16-18H2,1-2H3,(H2,24,26,27). The third-order valence-corrected chi connectivity index (χ3v) is 4.44. The van der Waals surface area contributed by atoms with E-state index < -0.39 is 0 Å². The lowest BCUT2D eigenvalue weighted by Gasteiger charge is -2.13. The zero-order valence-corrected chi connectivity index (χ0v) is 17.1. The average molecular weight is 392 g/mol. The minimum Gasteiger partial charge on any atom is -0.494 e. The van der Waals surface area contributed by atoms with Crippen molar-refractivity contribution >= 4 is 5.96 Å². The van der Waals surface area contributed by atoms with E-state index in [0.29, 0.717) is 19.7 Å². The number of aliphatic imine (C=N–C) groups is 1. The lowest BCUT2D eigenvalue weighted by molar-refractivity contribution is 0.336. The van der Waals surface area contributed by atoms with E-state index >= 15 is 0 Å². The molecule has 0 aliphatic heterocycles. The predicted octanol–water partition coefficient (Wildman–Crippen LogP) is 3.59. The summed E-state index contributed by atoms with van der Waals surface area (Å²) in [5, 5.41) is 6.68. The van der Waals surface area contributed by atoms with Crippen LogP contribution in [0, 0.1) is 0 Å². The van der Waals surface area contributed by atoms with Gasteiger partial charge in [0.05, 0.1) is 19.7 Å². The Morgan fingerprint density at radius 3 is 2.62 bits per heavy atom. The van der Waals surface area contributed by atoms with Gasteiger partial charge in [0.15, 0.2) is 5.96 Å². The first kappa shape index (κ1) is 20.5. The van der Waals surface area contributed by atoms with Crippen molar-refractivity contribution in [1.82, 2.24) is 20.2 Å². The van der Waals surface area contributed by atoms with Gasteiger partial charge in [0.1, 0.15) is 11.6 Å². The van der Waals surface area contributed by atoms with Gasteiger partial charge in [-0.2, -0.15) is 0 Å². The lowest BCUT2D eigenvalue weighted by Crippen LogP contribution is -2.37. The number of aromatic nitrogens is 2. The Hall–Kier alpha value is -3.28. The van der Waals surface area contributed by atoms with Gasteiger partial charge < -0.3 is 19.9 Å². The molecule has 0 fully saturated rings. The first-order chi connectivity index (χ1) is 14.3. The summed E-state index contributed by atoms with van der Waals surface area (Å²) in [4.78, 5) is 9.22. The zero-order chi connectivity index (χ0) is 20.3. The number of ether oxygens (including phenoxy) is 1. The molecule has 1 aromatic heterocycles. The van der Waals surface area contributed by atoms with Crippen LogP contribution in [0.3, 0.4) is 0 Å². The number of benzene rings is 2. The van der Waals surface area contributed by atoms with Gasteiger partial charge >= 0.3 is 0 Å². The number of nitrogens with zero attached hydrogens (tertiary/aromatic N) is 3. The Morgan fingerprint density at radius 1 is 1.03 bits per heavy atom. The lowest BCUT2D eigenvalue weighted by atomic mass is 10.2. The number of rotatable bonds is 9. The van der Waals surface area contributed by atoms with Gasteiger partial charge in [-0.15, -0.1) is 0 Å². The van der Waals surface area contributed by atoms with Crippen LogP contribution in [-0.4, -0.2) is 28.7 Å². The summed E-state index contributed by atoms with van der Waals surface area (Å²) in [6, 6.07) is 18.4. The molecule has 0 saturated heterocycles. The second-order valence-electron chi connectivity index (χ2n) is 6.55. The smallest absolute Gasteiger partial charge is 0.191 e. The van der Waals surface area contributed by atoms with Crippen molar-refractivity contribution in [2.45, 2.75) is 33.5 Å². The number of guanidine groups is 1. The van der Waals surface area contributed by atoms with Gasteiger partial charge in [0.2, 0.25) is 0 Å². The third kappa shape index (κ3) is 6.10. The van der Waals surface area contributed by atoms with E-state index in [1.807, 2.05) is 49.6 Å². The highest BCUT2D eigenvalue weighted by Gasteiger charge is 2.06. The van der Waals surface area contributed by atoms with Gasteiger partial charge in [-0.05, 0) is 25.5 Å². The van der Waals surface area contributed by atoms with Crippen molar-refractivity contribution in [3.8, 4) is 5.75 Å². The van der Waals surface area contributed by atoms with Crippen molar-refractivity contribution in [3.05, 3.63) is 83.9 Å². The van der Waals surface area contributed by atoms with Crippen LogP contribution in [0.1, 0.15) is 30.8 Å². The molecule has 0 aliphatic rings. The molecule has 152 valence electrons. The highest BCUT2D eigenvalue weighted by molar-refractivity contribution is 5.79. The Morgan fingerprint density at radius 2 is 1.83 bits per heavy atom. The molecular formula is C23H29N5O. The van der Waals surface area contributed by atoms with Crippen molar-refractivity contribution < 1.29 is 4.74 Å². The van der Waals surface area contributed by atoms with Crippen molar-refractivity contribution in [2.24, 2.45) is 4.99 Å². The van der Waals surface area contributed by atoms with Gasteiger partial charge in [0.25, 0.3) is 0 Å². The van der Waals surface area contributed by atoms with E-state index in [-0.39, 0.29) is 0 Å². The summed E-state index contributed by atoms with van der Waals surface area (Å²) < 4.78 is 7.85. The average Bonchev–Trinajstić information content (AvgIpc) is 3.19. The van der Waals surface area contributed by atoms with Crippen LogP contribution in [0.25, 0.3) is 0 Å². The molecule has 6 nitrogen and oxygen atoms in total. The summed E-state index contributed by atoms with van der Waals surface area (Å²) in [5.74, 6) is 2.61.